The van der Waals surface area contributed by atoms with Crippen molar-refractivity contribution < 1.29 is 9.59 Å². The molecule has 1 unspecified atom stereocenters. The number of nitrogens with one attached hydrogen (secondary N) is 1. The van der Waals surface area contributed by atoms with Crippen LogP contribution in [0.15, 0.2) is 0 Å². The molecule has 2 fully saturated rings. The van der Waals surface area contributed by atoms with Gasteiger partial charge in [0, 0.05) is 26.2 Å². The fraction of sp³-hybridized carbons (Fsp3) is 0.857. The smallest absolute Gasteiger partial charge is 0.242 e. The topological polar surface area (TPSA) is 78.7 Å². The summed E-state index contributed by atoms with van der Waals surface area (Å²) in [5.41, 5.74) is 4.89. The maximum atomic E-state index is 12.8. The SMILES string of the molecule is CCC1(C(=O)N2CCCN(CC(N)=O)CC2)CCCN1. The largest absolute Gasteiger partial charge is 0.369 e. The van der Waals surface area contributed by atoms with Crippen molar-refractivity contribution in [3.8, 4) is 0 Å². The Labute approximate surface area is 120 Å². The van der Waals surface area contributed by atoms with Crippen LogP contribution >= 0.6 is 0 Å². The Morgan fingerprint density at radius 2 is 2.00 bits per heavy atom. The van der Waals surface area contributed by atoms with Crippen molar-refractivity contribution in [1.82, 2.24) is 15.1 Å². The van der Waals surface area contributed by atoms with Crippen LogP contribution in [0.2, 0.25) is 0 Å². The maximum absolute atomic E-state index is 12.8. The third-order valence-corrected chi connectivity index (χ3v) is 4.51. The molecule has 0 aliphatic carbocycles. The van der Waals surface area contributed by atoms with E-state index in [1.807, 2.05) is 9.80 Å². The van der Waals surface area contributed by atoms with E-state index < -0.39 is 0 Å². The molecule has 6 nitrogen and oxygen atoms in total. The third kappa shape index (κ3) is 3.30. The van der Waals surface area contributed by atoms with Gasteiger partial charge in [-0.05, 0) is 32.2 Å². The monoisotopic (exact) mass is 282 g/mol. The predicted octanol–water partition coefficient (Wildman–Crippen LogP) is -0.462. The summed E-state index contributed by atoms with van der Waals surface area (Å²) in [6.07, 6.45) is 3.75. The normalized spacial score (nSPS) is 28.4. The van der Waals surface area contributed by atoms with Crippen LogP contribution in [0.25, 0.3) is 0 Å². The van der Waals surface area contributed by atoms with Gasteiger partial charge in [0.1, 0.15) is 0 Å². The van der Waals surface area contributed by atoms with E-state index in [0.29, 0.717) is 13.1 Å². The van der Waals surface area contributed by atoms with Gasteiger partial charge in [0.2, 0.25) is 11.8 Å². The zero-order valence-corrected chi connectivity index (χ0v) is 12.4. The Hall–Kier alpha value is -1.14. The van der Waals surface area contributed by atoms with Gasteiger partial charge in [-0.25, -0.2) is 0 Å². The first-order chi connectivity index (χ1) is 9.57. The van der Waals surface area contributed by atoms with Crippen LogP contribution in [0.1, 0.15) is 32.6 Å². The molecule has 114 valence electrons. The van der Waals surface area contributed by atoms with Crippen molar-refractivity contribution in [2.45, 2.75) is 38.1 Å². The third-order valence-electron chi connectivity index (χ3n) is 4.51. The number of carbonyl (C=O) groups excluding carboxylic acids is 2. The van der Waals surface area contributed by atoms with Crippen LogP contribution < -0.4 is 11.1 Å². The lowest BCUT2D eigenvalue weighted by atomic mass is 9.92. The zero-order valence-electron chi connectivity index (χ0n) is 12.4. The van der Waals surface area contributed by atoms with Crippen molar-refractivity contribution in [3.63, 3.8) is 0 Å². The summed E-state index contributed by atoms with van der Waals surface area (Å²) in [5, 5.41) is 3.40. The summed E-state index contributed by atoms with van der Waals surface area (Å²) in [6, 6.07) is 0. The fourth-order valence-electron chi connectivity index (χ4n) is 3.30. The number of hydrogen-bond donors (Lipinski definition) is 2. The molecule has 0 bridgehead atoms. The molecule has 2 aliphatic heterocycles. The molecule has 0 radical (unpaired) electrons. The molecule has 2 heterocycles. The first kappa shape index (κ1) is 15.3. The Morgan fingerprint density at radius 3 is 2.60 bits per heavy atom. The summed E-state index contributed by atoms with van der Waals surface area (Å²) in [5.74, 6) is -0.0642. The van der Waals surface area contributed by atoms with Crippen LogP contribution in [-0.2, 0) is 9.59 Å². The lowest BCUT2D eigenvalue weighted by Gasteiger charge is -2.33. The lowest BCUT2D eigenvalue weighted by Crippen LogP contribution is -2.55. The Bertz CT molecular complexity index is 366. The highest BCUT2D eigenvalue weighted by Crippen LogP contribution is 2.26. The summed E-state index contributed by atoms with van der Waals surface area (Å²) in [4.78, 5) is 27.8. The highest BCUT2D eigenvalue weighted by atomic mass is 16.2. The lowest BCUT2D eigenvalue weighted by molar-refractivity contribution is -0.137. The van der Waals surface area contributed by atoms with Crippen LogP contribution in [0, 0.1) is 0 Å². The Morgan fingerprint density at radius 1 is 1.20 bits per heavy atom. The van der Waals surface area contributed by atoms with Crippen molar-refractivity contribution >= 4 is 11.8 Å². The summed E-state index contributed by atoms with van der Waals surface area (Å²) < 4.78 is 0. The van der Waals surface area contributed by atoms with E-state index in [9.17, 15) is 9.59 Å². The van der Waals surface area contributed by atoms with Crippen molar-refractivity contribution in [1.29, 1.82) is 0 Å². The van der Waals surface area contributed by atoms with Gasteiger partial charge in [-0.1, -0.05) is 6.92 Å². The van der Waals surface area contributed by atoms with Crippen LogP contribution in [0.4, 0.5) is 0 Å². The molecule has 1 atom stereocenters. The highest BCUT2D eigenvalue weighted by molar-refractivity contribution is 5.86. The quantitative estimate of drug-likeness (QED) is 0.731. The van der Waals surface area contributed by atoms with Crippen LogP contribution in [0.3, 0.4) is 0 Å². The van der Waals surface area contributed by atoms with E-state index in [2.05, 4.69) is 12.2 Å². The Balaban J connectivity index is 1.95. The molecule has 6 heteroatoms. The predicted molar refractivity (Wildman–Crippen MR) is 77.1 cm³/mol. The first-order valence-electron chi connectivity index (χ1n) is 7.62. The Kier molecular flexibility index (Phi) is 4.99. The molecular formula is C14H26N4O2. The van der Waals surface area contributed by atoms with E-state index >= 15 is 0 Å². The van der Waals surface area contributed by atoms with Crippen molar-refractivity contribution in [2.75, 3.05) is 39.3 Å². The highest BCUT2D eigenvalue weighted by Gasteiger charge is 2.41. The van der Waals surface area contributed by atoms with Gasteiger partial charge < -0.3 is 16.0 Å². The molecule has 0 aromatic carbocycles. The molecule has 0 aromatic rings. The van der Waals surface area contributed by atoms with E-state index in [1.54, 1.807) is 0 Å². The van der Waals surface area contributed by atoms with E-state index in [4.69, 9.17) is 5.73 Å². The van der Waals surface area contributed by atoms with Gasteiger partial charge in [-0.15, -0.1) is 0 Å². The second-order valence-corrected chi connectivity index (χ2v) is 5.85. The number of amides is 2. The minimum absolute atomic E-state index is 0.235. The van der Waals surface area contributed by atoms with Crippen molar-refractivity contribution in [2.24, 2.45) is 5.73 Å². The number of nitrogens with two attached hydrogens (primary N) is 1. The molecule has 0 aromatic heterocycles. The van der Waals surface area contributed by atoms with Crippen LogP contribution in [-0.4, -0.2) is 66.4 Å². The van der Waals surface area contributed by atoms with Gasteiger partial charge in [-0.2, -0.15) is 0 Å². The van der Waals surface area contributed by atoms with Gasteiger partial charge in [0.15, 0.2) is 0 Å². The number of rotatable bonds is 4. The number of primary amides is 1. The maximum Gasteiger partial charge on any atom is 0.242 e. The molecule has 0 spiro atoms. The molecule has 2 saturated heterocycles. The molecule has 0 saturated carbocycles. The van der Waals surface area contributed by atoms with Gasteiger partial charge in [-0.3, -0.25) is 14.5 Å². The van der Waals surface area contributed by atoms with E-state index in [1.165, 1.54) is 0 Å². The second-order valence-electron chi connectivity index (χ2n) is 5.85. The molecule has 3 N–H and O–H groups in total. The molecule has 2 aliphatic rings. The van der Waals surface area contributed by atoms with Crippen LogP contribution in [0.5, 0.6) is 0 Å². The minimum Gasteiger partial charge on any atom is -0.369 e. The summed E-state index contributed by atoms with van der Waals surface area (Å²) in [7, 11) is 0. The summed E-state index contributed by atoms with van der Waals surface area (Å²) >= 11 is 0. The molecule has 2 rings (SSSR count). The van der Waals surface area contributed by atoms with Gasteiger partial charge in [0.05, 0.1) is 12.1 Å². The van der Waals surface area contributed by atoms with E-state index in [-0.39, 0.29) is 17.4 Å². The molecule has 2 amide bonds. The standard InChI is InChI=1S/C14H26N4O2/c1-2-14(5-3-6-16-14)13(20)18-8-4-7-17(9-10-18)11-12(15)19/h16H,2-11H2,1H3,(H2,15,19). The zero-order chi connectivity index (χ0) is 14.6. The second kappa shape index (κ2) is 6.54. The average Bonchev–Trinajstić information content (AvgIpc) is 2.80. The molecule has 20 heavy (non-hydrogen) atoms. The van der Waals surface area contributed by atoms with Gasteiger partial charge in [0.25, 0.3) is 0 Å². The van der Waals surface area contributed by atoms with Gasteiger partial charge >= 0.3 is 0 Å². The first-order valence-corrected chi connectivity index (χ1v) is 7.62. The average molecular weight is 282 g/mol. The van der Waals surface area contributed by atoms with E-state index in [0.717, 1.165) is 51.9 Å². The number of carbonyl (C=O) groups is 2. The number of hydrogen-bond acceptors (Lipinski definition) is 4. The molecular weight excluding hydrogens is 256 g/mol. The number of nitrogens with zero attached hydrogens (tertiary/aromatic N) is 2. The fourth-order valence-corrected chi connectivity index (χ4v) is 3.30. The van der Waals surface area contributed by atoms with Crippen molar-refractivity contribution in [3.05, 3.63) is 0 Å². The minimum atomic E-state index is -0.348. The summed E-state index contributed by atoms with van der Waals surface area (Å²) in [6.45, 7) is 6.33.